The van der Waals surface area contributed by atoms with Gasteiger partial charge in [-0.05, 0) is 70.0 Å². The lowest BCUT2D eigenvalue weighted by Gasteiger charge is -2.10. The molecule has 0 unspecified atom stereocenters. The molecule has 2 aromatic carbocycles. The van der Waals surface area contributed by atoms with Crippen molar-refractivity contribution in [2.45, 2.75) is 40.7 Å². The lowest BCUT2D eigenvalue weighted by molar-refractivity contribution is 0.102. The van der Waals surface area contributed by atoms with E-state index in [1.54, 1.807) is 0 Å². The quantitative estimate of drug-likeness (QED) is 0.611. The fraction of sp³-hybridized carbons (Fsp3) is 0.273. The minimum absolute atomic E-state index is 0.119. The molecule has 3 rings (SSSR count). The third-order valence-electron chi connectivity index (χ3n) is 4.15. The average Bonchev–Trinajstić information content (AvgIpc) is 3.02. The van der Waals surface area contributed by atoms with Gasteiger partial charge in [0.25, 0.3) is 5.91 Å². The van der Waals surface area contributed by atoms with Crippen molar-refractivity contribution in [3.8, 4) is 17.0 Å². The second kappa shape index (κ2) is 7.92. The number of hydrogen-bond donors (Lipinski definition) is 1. The normalized spacial score (nSPS) is 10.9. The van der Waals surface area contributed by atoms with E-state index in [-0.39, 0.29) is 12.0 Å². The molecular formula is C22H24N2O2S. The number of aromatic nitrogens is 1. The van der Waals surface area contributed by atoms with Crippen molar-refractivity contribution in [2.75, 3.05) is 5.32 Å². The van der Waals surface area contributed by atoms with E-state index in [0.29, 0.717) is 10.7 Å². The van der Waals surface area contributed by atoms with E-state index in [2.05, 4.69) is 10.3 Å². The van der Waals surface area contributed by atoms with Gasteiger partial charge >= 0.3 is 0 Å². The van der Waals surface area contributed by atoms with Crippen LogP contribution in [0, 0.1) is 20.8 Å². The number of carbonyl (C=O) groups is 1. The molecule has 0 radical (unpaired) electrons. The minimum Gasteiger partial charge on any atom is -0.491 e. The second-order valence-corrected chi connectivity index (χ2v) is 7.81. The number of rotatable bonds is 5. The van der Waals surface area contributed by atoms with Gasteiger partial charge in [-0.1, -0.05) is 17.7 Å². The summed E-state index contributed by atoms with van der Waals surface area (Å²) in [6.45, 7) is 9.96. The number of anilines is 1. The van der Waals surface area contributed by atoms with Crippen LogP contribution in [0.1, 0.15) is 40.9 Å². The molecule has 1 amide bonds. The number of aryl methyl sites for hydroxylation is 3. The van der Waals surface area contributed by atoms with Crippen molar-refractivity contribution in [3.63, 3.8) is 0 Å². The molecule has 0 saturated heterocycles. The van der Waals surface area contributed by atoms with Crippen LogP contribution in [0.4, 0.5) is 5.13 Å². The summed E-state index contributed by atoms with van der Waals surface area (Å²) in [5.41, 5.74) is 5.65. The maximum atomic E-state index is 12.7. The molecule has 0 saturated carbocycles. The predicted octanol–water partition coefficient (Wildman–Crippen LogP) is 5.77. The molecule has 1 N–H and O–H groups in total. The van der Waals surface area contributed by atoms with Gasteiger partial charge in [0.1, 0.15) is 5.75 Å². The van der Waals surface area contributed by atoms with Crippen molar-refractivity contribution in [1.82, 2.24) is 4.98 Å². The monoisotopic (exact) mass is 380 g/mol. The zero-order valence-corrected chi connectivity index (χ0v) is 17.1. The van der Waals surface area contributed by atoms with Crippen molar-refractivity contribution >= 4 is 22.4 Å². The number of benzene rings is 2. The molecule has 0 atom stereocenters. The maximum Gasteiger partial charge on any atom is 0.257 e. The smallest absolute Gasteiger partial charge is 0.257 e. The van der Waals surface area contributed by atoms with Gasteiger partial charge < -0.3 is 4.74 Å². The maximum absolute atomic E-state index is 12.7. The molecule has 1 heterocycles. The Morgan fingerprint density at radius 3 is 2.30 bits per heavy atom. The molecule has 140 valence electrons. The molecule has 27 heavy (non-hydrogen) atoms. The number of thiazole rings is 1. The van der Waals surface area contributed by atoms with E-state index in [1.807, 2.05) is 76.4 Å². The number of nitrogens with one attached hydrogen (secondary N) is 1. The van der Waals surface area contributed by atoms with Crippen molar-refractivity contribution in [2.24, 2.45) is 0 Å². The van der Waals surface area contributed by atoms with Crippen LogP contribution in [-0.2, 0) is 0 Å². The second-order valence-electron chi connectivity index (χ2n) is 6.96. The van der Waals surface area contributed by atoms with Crippen LogP contribution in [0.2, 0.25) is 0 Å². The summed E-state index contributed by atoms with van der Waals surface area (Å²) in [5, 5.41) is 5.47. The van der Waals surface area contributed by atoms with E-state index in [0.717, 1.165) is 33.7 Å². The van der Waals surface area contributed by atoms with E-state index in [1.165, 1.54) is 11.3 Å². The van der Waals surface area contributed by atoms with E-state index in [4.69, 9.17) is 4.74 Å². The standard InChI is InChI=1S/C22H24N2O2S/c1-13(2)26-18-8-6-17(7-9-18)19-12-27-22(23-19)24-21(25)20-15(4)10-14(3)11-16(20)5/h6-13H,1-5H3,(H,23,24,25). The highest BCUT2D eigenvalue weighted by Gasteiger charge is 2.15. The van der Waals surface area contributed by atoms with Crippen LogP contribution >= 0.6 is 11.3 Å². The van der Waals surface area contributed by atoms with Crippen LogP contribution in [0.15, 0.2) is 41.8 Å². The first-order valence-electron chi connectivity index (χ1n) is 8.95. The van der Waals surface area contributed by atoms with Crippen molar-refractivity contribution in [3.05, 3.63) is 64.0 Å². The number of carbonyl (C=O) groups excluding carboxylic acids is 1. The molecule has 0 aliphatic carbocycles. The Morgan fingerprint density at radius 2 is 1.70 bits per heavy atom. The lowest BCUT2D eigenvalue weighted by Crippen LogP contribution is -2.15. The van der Waals surface area contributed by atoms with Crippen molar-refractivity contribution < 1.29 is 9.53 Å². The number of hydrogen-bond acceptors (Lipinski definition) is 4. The zero-order chi connectivity index (χ0) is 19.6. The Hall–Kier alpha value is -2.66. The summed E-state index contributed by atoms with van der Waals surface area (Å²) in [7, 11) is 0. The molecule has 0 fully saturated rings. The number of ether oxygens (including phenoxy) is 1. The number of nitrogens with zero attached hydrogens (tertiary/aromatic N) is 1. The van der Waals surface area contributed by atoms with Crippen LogP contribution in [0.25, 0.3) is 11.3 Å². The highest BCUT2D eigenvalue weighted by atomic mass is 32.1. The first-order valence-corrected chi connectivity index (χ1v) is 9.83. The highest BCUT2D eigenvalue weighted by molar-refractivity contribution is 7.14. The molecule has 0 aliphatic rings. The third kappa shape index (κ3) is 4.55. The topological polar surface area (TPSA) is 51.2 Å². The Morgan fingerprint density at radius 1 is 1.07 bits per heavy atom. The van der Waals surface area contributed by atoms with Gasteiger partial charge in [0.05, 0.1) is 11.8 Å². The van der Waals surface area contributed by atoms with Gasteiger partial charge in [-0.15, -0.1) is 11.3 Å². The molecule has 0 aliphatic heterocycles. The minimum atomic E-state index is -0.119. The van der Waals surface area contributed by atoms with E-state index < -0.39 is 0 Å². The zero-order valence-electron chi connectivity index (χ0n) is 16.3. The Bertz CT molecular complexity index is 936. The summed E-state index contributed by atoms with van der Waals surface area (Å²) < 4.78 is 5.67. The van der Waals surface area contributed by atoms with Crippen LogP contribution in [0.3, 0.4) is 0 Å². The first-order chi connectivity index (χ1) is 12.8. The van der Waals surface area contributed by atoms with Gasteiger partial charge in [0.15, 0.2) is 5.13 Å². The highest BCUT2D eigenvalue weighted by Crippen LogP contribution is 2.27. The van der Waals surface area contributed by atoms with Gasteiger partial charge in [-0.2, -0.15) is 0 Å². The van der Waals surface area contributed by atoms with Gasteiger partial charge in [0, 0.05) is 16.5 Å². The fourth-order valence-corrected chi connectivity index (χ4v) is 3.85. The molecule has 5 heteroatoms. The number of amides is 1. The summed E-state index contributed by atoms with van der Waals surface area (Å²) >= 11 is 1.42. The van der Waals surface area contributed by atoms with Crippen LogP contribution < -0.4 is 10.1 Å². The third-order valence-corrected chi connectivity index (χ3v) is 4.91. The predicted molar refractivity (Wildman–Crippen MR) is 112 cm³/mol. The fourth-order valence-electron chi connectivity index (χ4n) is 3.14. The summed E-state index contributed by atoms with van der Waals surface area (Å²) in [6.07, 6.45) is 0.144. The van der Waals surface area contributed by atoms with E-state index in [9.17, 15) is 4.79 Å². The van der Waals surface area contributed by atoms with Gasteiger partial charge in [-0.25, -0.2) is 4.98 Å². The summed E-state index contributed by atoms with van der Waals surface area (Å²) in [4.78, 5) is 17.3. The first kappa shape index (κ1) is 19.1. The molecule has 4 nitrogen and oxygen atoms in total. The summed E-state index contributed by atoms with van der Waals surface area (Å²) in [5.74, 6) is 0.717. The van der Waals surface area contributed by atoms with Crippen molar-refractivity contribution in [1.29, 1.82) is 0 Å². The molecule has 3 aromatic rings. The Balaban J connectivity index is 1.75. The molecule has 0 spiro atoms. The van der Waals surface area contributed by atoms with Gasteiger partial charge in [-0.3, -0.25) is 10.1 Å². The largest absolute Gasteiger partial charge is 0.491 e. The van der Waals surface area contributed by atoms with Crippen LogP contribution in [-0.4, -0.2) is 17.0 Å². The Kier molecular flexibility index (Phi) is 5.61. The van der Waals surface area contributed by atoms with E-state index >= 15 is 0 Å². The molecule has 0 bridgehead atoms. The SMILES string of the molecule is Cc1cc(C)c(C(=O)Nc2nc(-c3ccc(OC(C)C)cc3)cs2)c(C)c1. The average molecular weight is 381 g/mol. The molecular weight excluding hydrogens is 356 g/mol. The Labute approximate surface area is 164 Å². The lowest BCUT2D eigenvalue weighted by atomic mass is 9.99. The molecule has 1 aromatic heterocycles. The van der Waals surface area contributed by atoms with Crippen LogP contribution in [0.5, 0.6) is 5.75 Å². The summed E-state index contributed by atoms with van der Waals surface area (Å²) in [6, 6.07) is 11.9. The van der Waals surface area contributed by atoms with Gasteiger partial charge in [0.2, 0.25) is 0 Å².